The Hall–Kier alpha value is -2.50. The Morgan fingerprint density at radius 3 is 2.47 bits per heavy atom. The van der Waals surface area contributed by atoms with Crippen molar-refractivity contribution >= 4 is 17.5 Å². The van der Waals surface area contributed by atoms with Gasteiger partial charge in [-0.1, -0.05) is 26.0 Å². The molecule has 3 unspecified atom stereocenters. The van der Waals surface area contributed by atoms with Gasteiger partial charge in [0, 0.05) is 51.8 Å². The Kier molecular flexibility index (Phi) is 13.7. The van der Waals surface area contributed by atoms with Crippen LogP contribution in [-0.4, -0.2) is 74.0 Å². The monoisotopic (exact) mass is 532 g/mol. The highest BCUT2D eigenvalue weighted by molar-refractivity contribution is 5.51. The number of aromatic nitrogens is 2. The van der Waals surface area contributed by atoms with Crippen molar-refractivity contribution in [1.82, 2.24) is 9.97 Å². The zero-order chi connectivity index (χ0) is 28.0. The van der Waals surface area contributed by atoms with Crippen molar-refractivity contribution in [3.63, 3.8) is 0 Å². The van der Waals surface area contributed by atoms with Crippen LogP contribution in [0.1, 0.15) is 58.7 Å². The van der Waals surface area contributed by atoms with Crippen molar-refractivity contribution in [1.29, 1.82) is 0 Å². The number of hydrogen-bond acceptors (Lipinski definition) is 10. The van der Waals surface area contributed by atoms with Gasteiger partial charge in [0.25, 0.3) is 0 Å². The van der Waals surface area contributed by atoms with E-state index in [0.29, 0.717) is 23.7 Å². The number of nitrogens with two attached hydrogens (primary N) is 1. The standard InChI is InChI=1S/C21H30N6O2.C5H12O2.C2H6/c22-20(16-2-1-3-18(13-16)27-8-10-29-11-9-27)25-19-6-7-23-21(26-19)24-17-5-4-15(12-17)14-28;1-5(2,6-3)7-4;1-2/h1-3,6-7,13,15,17,20,28H,4-5,8-12,14,22H2,(H2,23,24,25,26);1-4H3;1-2H3. The Bertz CT molecular complexity index is 920. The van der Waals surface area contributed by atoms with Gasteiger partial charge in [-0.3, -0.25) is 0 Å². The van der Waals surface area contributed by atoms with Crippen LogP contribution in [0.25, 0.3) is 0 Å². The number of methoxy groups -OCH3 is 2. The lowest BCUT2D eigenvalue weighted by molar-refractivity contribution is -0.178. The Morgan fingerprint density at radius 1 is 1.16 bits per heavy atom. The summed E-state index contributed by atoms with van der Waals surface area (Å²) in [5, 5.41) is 16.0. The summed E-state index contributed by atoms with van der Waals surface area (Å²) in [5.74, 6) is 1.23. The SMILES string of the molecule is CC.COC(C)(C)OC.NC(Nc1ccnc(NC2CCC(CO)C2)n1)c1cccc(N2CCOCC2)c1. The summed E-state index contributed by atoms with van der Waals surface area (Å²) in [4.78, 5) is 11.2. The first kappa shape index (κ1) is 31.7. The van der Waals surface area contributed by atoms with Gasteiger partial charge in [0.05, 0.1) is 13.2 Å². The van der Waals surface area contributed by atoms with Crippen molar-refractivity contribution in [3.05, 3.63) is 42.1 Å². The van der Waals surface area contributed by atoms with Crippen LogP contribution in [0, 0.1) is 5.92 Å². The van der Waals surface area contributed by atoms with Crippen LogP contribution in [0.5, 0.6) is 0 Å². The third kappa shape index (κ3) is 10.3. The van der Waals surface area contributed by atoms with Crippen molar-refractivity contribution in [3.8, 4) is 0 Å². The maximum atomic E-state index is 9.31. The van der Waals surface area contributed by atoms with E-state index in [2.05, 4.69) is 37.6 Å². The number of benzene rings is 1. The number of ether oxygens (including phenoxy) is 3. The van der Waals surface area contributed by atoms with Gasteiger partial charge in [-0.15, -0.1) is 0 Å². The lowest BCUT2D eigenvalue weighted by Gasteiger charge is -2.29. The second-order valence-electron chi connectivity index (χ2n) is 9.59. The average Bonchev–Trinajstić information content (AvgIpc) is 3.42. The molecule has 5 N–H and O–H groups in total. The van der Waals surface area contributed by atoms with Gasteiger partial charge in [0.1, 0.15) is 12.0 Å². The minimum Gasteiger partial charge on any atom is -0.396 e. The van der Waals surface area contributed by atoms with Crippen LogP contribution in [0.15, 0.2) is 36.5 Å². The van der Waals surface area contributed by atoms with Crippen LogP contribution < -0.4 is 21.3 Å². The fraction of sp³-hybridized carbons (Fsp3) is 0.643. The maximum absolute atomic E-state index is 9.31. The fourth-order valence-electron chi connectivity index (χ4n) is 4.13. The summed E-state index contributed by atoms with van der Waals surface area (Å²) in [5.41, 5.74) is 8.58. The van der Waals surface area contributed by atoms with Crippen LogP contribution >= 0.6 is 0 Å². The molecule has 2 heterocycles. The molecule has 38 heavy (non-hydrogen) atoms. The second-order valence-corrected chi connectivity index (χ2v) is 9.59. The third-order valence-corrected chi connectivity index (χ3v) is 6.68. The molecule has 214 valence electrons. The number of morpholine rings is 1. The van der Waals surface area contributed by atoms with Gasteiger partial charge in [0.2, 0.25) is 5.95 Å². The molecule has 1 saturated carbocycles. The molecule has 0 amide bonds. The van der Waals surface area contributed by atoms with Gasteiger partial charge >= 0.3 is 0 Å². The summed E-state index contributed by atoms with van der Waals surface area (Å²) in [6.07, 6.45) is 4.37. The second kappa shape index (κ2) is 16.5. The Morgan fingerprint density at radius 2 is 1.87 bits per heavy atom. The first-order chi connectivity index (χ1) is 18.3. The van der Waals surface area contributed by atoms with Crippen LogP contribution in [-0.2, 0) is 14.2 Å². The molecule has 1 saturated heterocycles. The van der Waals surface area contributed by atoms with E-state index in [1.807, 2.05) is 45.9 Å². The molecule has 1 aliphatic carbocycles. The van der Waals surface area contributed by atoms with Crippen LogP contribution in [0.2, 0.25) is 0 Å². The molecule has 3 atom stereocenters. The summed E-state index contributed by atoms with van der Waals surface area (Å²) >= 11 is 0. The predicted molar refractivity (Wildman–Crippen MR) is 153 cm³/mol. The number of nitrogens with zero attached hydrogens (tertiary/aromatic N) is 3. The Balaban J connectivity index is 0.000000491. The van der Waals surface area contributed by atoms with E-state index < -0.39 is 5.79 Å². The Labute approximate surface area is 228 Å². The highest BCUT2D eigenvalue weighted by Crippen LogP contribution is 2.27. The van der Waals surface area contributed by atoms with E-state index in [1.54, 1.807) is 20.4 Å². The molecule has 4 rings (SSSR count). The van der Waals surface area contributed by atoms with Crippen molar-refractivity contribution in [2.45, 2.75) is 65.0 Å². The molecule has 10 heteroatoms. The molecule has 1 aliphatic heterocycles. The number of nitrogens with one attached hydrogen (secondary N) is 2. The van der Waals surface area contributed by atoms with Gasteiger partial charge in [-0.25, -0.2) is 4.98 Å². The normalized spacial score (nSPS) is 19.9. The number of rotatable bonds is 9. The lowest BCUT2D eigenvalue weighted by Crippen LogP contribution is -2.36. The first-order valence-electron chi connectivity index (χ1n) is 13.6. The first-order valence-corrected chi connectivity index (χ1v) is 13.6. The van der Waals surface area contributed by atoms with E-state index in [-0.39, 0.29) is 12.8 Å². The molecule has 1 aromatic carbocycles. The summed E-state index contributed by atoms with van der Waals surface area (Å²) < 4.78 is 15.2. The van der Waals surface area contributed by atoms with Gasteiger partial charge in [-0.05, 0) is 62.8 Å². The molecule has 2 aliphatic rings. The number of aliphatic hydroxyl groups excluding tert-OH is 1. The van der Waals surface area contributed by atoms with Gasteiger partial charge in [0.15, 0.2) is 5.79 Å². The van der Waals surface area contributed by atoms with Gasteiger partial charge < -0.3 is 40.6 Å². The third-order valence-electron chi connectivity index (χ3n) is 6.68. The van der Waals surface area contributed by atoms with E-state index in [4.69, 9.17) is 19.9 Å². The highest BCUT2D eigenvalue weighted by atomic mass is 16.7. The number of hydrogen-bond donors (Lipinski definition) is 4. The van der Waals surface area contributed by atoms with E-state index in [1.165, 1.54) is 0 Å². The largest absolute Gasteiger partial charge is 0.396 e. The number of aliphatic hydroxyl groups is 1. The summed E-state index contributed by atoms with van der Waals surface area (Å²) in [6.45, 7) is 11.3. The minimum absolute atomic E-state index is 0.249. The van der Waals surface area contributed by atoms with Gasteiger partial charge in [-0.2, -0.15) is 4.98 Å². The predicted octanol–water partition coefficient (Wildman–Crippen LogP) is 4.00. The molecular weight excluding hydrogens is 484 g/mol. The smallest absolute Gasteiger partial charge is 0.224 e. The summed E-state index contributed by atoms with van der Waals surface area (Å²) in [7, 11) is 3.23. The van der Waals surface area contributed by atoms with E-state index >= 15 is 0 Å². The van der Waals surface area contributed by atoms with Crippen LogP contribution in [0.4, 0.5) is 17.5 Å². The maximum Gasteiger partial charge on any atom is 0.224 e. The zero-order valence-electron chi connectivity index (χ0n) is 23.9. The number of anilines is 3. The van der Waals surface area contributed by atoms with E-state index in [0.717, 1.165) is 56.8 Å². The van der Waals surface area contributed by atoms with Crippen molar-refractivity contribution in [2.75, 3.05) is 62.7 Å². The lowest BCUT2D eigenvalue weighted by atomic mass is 10.1. The van der Waals surface area contributed by atoms with E-state index in [9.17, 15) is 5.11 Å². The molecule has 1 aromatic heterocycles. The van der Waals surface area contributed by atoms with Crippen LogP contribution in [0.3, 0.4) is 0 Å². The molecule has 0 radical (unpaired) electrons. The highest BCUT2D eigenvalue weighted by Gasteiger charge is 2.24. The molecule has 0 spiro atoms. The average molecular weight is 533 g/mol. The fourth-order valence-corrected chi connectivity index (χ4v) is 4.13. The minimum atomic E-state index is -0.417. The molecule has 10 nitrogen and oxygen atoms in total. The van der Waals surface area contributed by atoms with Crippen molar-refractivity contribution < 1.29 is 19.3 Å². The molecule has 0 bridgehead atoms. The molecular formula is C28H48N6O4. The summed E-state index contributed by atoms with van der Waals surface area (Å²) in [6, 6.07) is 10.4. The molecule has 2 aromatic rings. The quantitative estimate of drug-likeness (QED) is 0.352. The zero-order valence-corrected chi connectivity index (χ0v) is 23.9. The molecule has 2 fully saturated rings. The topological polar surface area (TPSA) is 127 Å². The van der Waals surface area contributed by atoms with Crippen molar-refractivity contribution in [2.24, 2.45) is 11.7 Å².